The Balaban J connectivity index is 2.61. The molecule has 0 aliphatic heterocycles. The maximum absolute atomic E-state index is 5.99. The minimum Gasteiger partial charge on any atom is -0.397 e. The molecule has 90 valence electrons. The zero-order chi connectivity index (χ0) is 12.2. The van der Waals surface area contributed by atoms with Crippen LogP contribution >= 0.6 is 11.6 Å². The molecule has 0 unspecified atom stereocenters. The van der Waals surface area contributed by atoms with Crippen molar-refractivity contribution in [3.05, 3.63) is 17.3 Å². The maximum Gasteiger partial charge on any atom is 0.145 e. The van der Waals surface area contributed by atoms with Crippen molar-refractivity contribution in [1.29, 1.82) is 0 Å². The number of hydrogen-bond acceptors (Lipinski definition) is 4. The molecule has 1 heterocycles. The highest BCUT2D eigenvalue weighted by atomic mass is 35.5. The number of hydrogen-bond donors (Lipinski definition) is 2. The van der Waals surface area contributed by atoms with E-state index in [4.69, 9.17) is 22.1 Å². The molecule has 0 atom stereocenters. The van der Waals surface area contributed by atoms with Crippen molar-refractivity contribution in [2.24, 2.45) is 0 Å². The lowest BCUT2D eigenvalue weighted by atomic mass is 10.1. The Morgan fingerprint density at radius 3 is 2.81 bits per heavy atom. The molecule has 1 aromatic rings. The van der Waals surface area contributed by atoms with Gasteiger partial charge in [-0.05, 0) is 26.8 Å². The van der Waals surface area contributed by atoms with E-state index in [0.717, 1.165) is 0 Å². The molecule has 0 amide bonds. The Kier molecular flexibility index (Phi) is 4.38. The van der Waals surface area contributed by atoms with Gasteiger partial charge in [0.2, 0.25) is 0 Å². The van der Waals surface area contributed by atoms with Crippen LogP contribution in [0.4, 0.5) is 11.5 Å². The molecule has 0 saturated heterocycles. The lowest BCUT2D eigenvalue weighted by molar-refractivity contribution is 0.000646. The van der Waals surface area contributed by atoms with Gasteiger partial charge in [-0.3, -0.25) is 0 Å². The summed E-state index contributed by atoms with van der Waals surface area (Å²) in [4.78, 5) is 4.12. The van der Waals surface area contributed by atoms with Gasteiger partial charge in [0.15, 0.2) is 0 Å². The number of anilines is 2. The molecule has 0 aliphatic carbocycles. The first-order chi connectivity index (χ1) is 7.44. The molecule has 0 radical (unpaired) electrons. The highest BCUT2D eigenvalue weighted by molar-refractivity contribution is 6.33. The molecule has 4 nitrogen and oxygen atoms in total. The molecule has 3 N–H and O–H groups in total. The second kappa shape index (κ2) is 5.37. The molecule has 0 saturated carbocycles. The largest absolute Gasteiger partial charge is 0.397 e. The third-order valence-corrected chi connectivity index (χ3v) is 2.37. The van der Waals surface area contributed by atoms with E-state index in [1.54, 1.807) is 12.3 Å². The van der Waals surface area contributed by atoms with Gasteiger partial charge in [-0.2, -0.15) is 0 Å². The van der Waals surface area contributed by atoms with Crippen LogP contribution in [0.2, 0.25) is 5.02 Å². The number of aromatic nitrogens is 1. The van der Waals surface area contributed by atoms with Crippen molar-refractivity contribution < 1.29 is 4.74 Å². The molecule has 5 heteroatoms. The molecule has 1 rings (SSSR count). The van der Waals surface area contributed by atoms with Crippen LogP contribution in [0.5, 0.6) is 0 Å². The Labute approximate surface area is 101 Å². The van der Waals surface area contributed by atoms with Crippen LogP contribution in [0.1, 0.15) is 20.8 Å². The number of ether oxygens (including phenoxy) is 1. The third kappa shape index (κ3) is 3.87. The fourth-order valence-electron chi connectivity index (χ4n) is 1.32. The molecule has 0 fully saturated rings. The summed E-state index contributed by atoms with van der Waals surface area (Å²) in [6.45, 7) is 7.30. The van der Waals surface area contributed by atoms with E-state index >= 15 is 0 Å². The van der Waals surface area contributed by atoms with Gasteiger partial charge in [-0.15, -0.1) is 0 Å². The minimum atomic E-state index is -0.249. The van der Waals surface area contributed by atoms with Crippen molar-refractivity contribution in [3.8, 4) is 0 Å². The van der Waals surface area contributed by atoms with Crippen molar-refractivity contribution >= 4 is 23.1 Å². The van der Waals surface area contributed by atoms with Crippen molar-refractivity contribution in [2.75, 3.05) is 24.2 Å². The average Bonchev–Trinajstić information content (AvgIpc) is 2.16. The molecule has 1 aromatic heterocycles. The molecule has 0 spiro atoms. The summed E-state index contributed by atoms with van der Waals surface area (Å²) in [6, 6.07) is 1.67. The molecular formula is C11H18ClN3O. The predicted octanol–water partition coefficient (Wildman–Crippen LogP) is 2.54. The smallest absolute Gasteiger partial charge is 0.145 e. The first-order valence-corrected chi connectivity index (χ1v) is 5.61. The van der Waals surface area contributed by atoms with Crippen molar-refractivity contribution in [1.82, 2.24) is 4.98 Å². The van der Waals surface area contributed by atoms with Gasteiger partial charge in [0, 0.05) is 13.2 Å². The van der Waals surface area contributed by atoms with Crippen molar-refractivity contribution in [3.63, 3.8) is 0 Å². The minimum absolute atomic E-state index is 0.249. The zero-order valence-corrected chi connectivity index (χ0v) is 10.6. The third-order valence-electron chi connectivity index (χ3n) is 2.08. The summed E-state index contributed by atoms with van der Waals surface area (Å²) >= 11 is 5.99. The first kappa shape index (κ1) is 13.1. The van der Waals surface area contributed by atoms with Crippen LogP contribution < -0.4 is 11.1 Å². The highest BCUT2D eigenvalue weighted by Crippen LogP contribution is 2.22. The monoisotopic (exact) mass is 243 g/mol. The summed E-state index contributed by atoms with van der Waals surface area (Å²) in [5, 5.41) is 3.66. The molecular weight excluding hydrogens is 226 g/mol. The molecule has 0 aliphatic rings. The van der Waals surface area contributed by atoms with E-state index in [0.29, 0.717) is 29.7 Å². The van der Waals surface area contributed by atoms with Crippen LogP contribution in [-0.4, -0.2) is 23.7 Å². The van der Waals surface area contributed by atoms with E-state index in [1.807, 2.05) is 20.8 Å². The van der Waals surface area contributed by atoms with Gasteiger partial charge >= 0.3 is 0 Å². The second-order valence-corrected chi connectivity index (χ2v) is 4.55. The quantitative estimate of drug-likeness (QED) is 0.835. The van der Waals surface area contributed by atoms with Gasteiger partial charge in [0.05, 0.1) is 22.5 Å². The topological polar surface area (TPSA) is 60.2 Å². The van der Waals surface area contributed by atoms with E-state index in [2.05, 4.69) is 10.3 Å². The fraction of sp³-hybridized carbons (Fsp3) is 0.545. The van der Waals surface area contributed by atoms with E-state index in [9.17, 15) is 0 Å². The maximum atomic E-state index is 5.99. The Bertz CT molecular complexity index is 355. The number of nitrogen functional groups attached to an aromatic ring is 1. The van der Waals surface area contributed by atoms with Gasteiger partial charge in [-0.25, -0.2) is 4.98 Å². The number of halogens is 1. The van der Waals surface area contributed by atoms with Gasteiger partial charge < -0.3 is 15.8 Å². The average molecular weight is 244 g/mol. The summed E-state index contributed by atoms with van der Waals surface area (Å²) in [7, 11) is 0. The first-order valence-electron chi connectivity index (χ1n) is 5.23. The Morgan fingerprint density at radius 1 is 1.56 bits per heavy atom. The SMILES string of the molecule is CCOC(C)(C)CNc1ncc(N)cc1Cl. The summed E-state index contributed by atoms with van der Waals surface area (Å²) in [6.07, 6.45) is 1.57. The van der Waals surface area contributed by atoms with Gasteiger partial charge in [0.1, 0.15) is 5.82 Å². The summed E-state index contributed by atoms with van der Waals surface area (Å²) in [5.41, 5.74) is 5.86. The van der Waals surface area contributed by atoms with E-state index < -0.39 is 0 Å². The van der Waals surface area contributed by atoms with Gasteiger partial charge in [0.25, 0.3) is 0 Å². The Hall–Kier alpha value is -1.00. The number of nitrogens with one attached hydrogen (secondary N) is 1. The standard InChI is InChI=1S/C11H18ClN3O/c1-4-16-11(2,3)7-15-10-9(12)5-8(13)6-14-10/h5-6H,4,7,13H2,1-3H3,(H,14,15). The van der Waals surface area contributed by atoms with Crippen LogP contribution in [0, 0.1) is 0 Å². The Morgan fingerprint density at radius 2 is 2.25 bits per heavy atom. The van der Waals surface area contributed by atoms with Crippen LogP contribution in [0.15, 0.2) is 12.3 Å². The van der Waals surface area contributed by atoms with Crippen molar-refractivity contribution in [2.45, 2.75) is 26.4 Å². The zero-order valence-electron chi connectivity index (χ0n) is 9.88. The fourth-order valence-corrected chi connectivity index (χ4v) is 1.56. The van der Waals surface area contributed by atoms with E-state index in [1.165, 1.54) is 0 Å². The molecule has 16 heavy (non-hydrogen) atoms. The second-order valence-electron chi connectivity index (χ2n) is 4.15. The number of nitrogens with two attached hydrogens (primary N) is 1. The molecule has 0 aromatic carbocycles. The van der Waals surface area contributed by atoms with Crippen LogP contribution in [-0.2, 0) is 4.74 Å². The van der Waals surface area contributed by atoms with Gasteiger partial charge in [-0.1, -0.05) is 11.6 Å². The lowest BCUT2D eigenvalue weighted by Gasteiger charge is -2.25. The highest BCUT2D eigenvalue weighted by Gasteiger charge is 2.17. The normalized spacial score (nSPS) is 11.5. The van der Waals surface area contributed by atoms with Crippen LogP contribution in [0.3, 0.4) is 0 Å². The molecule has 0 bridgehead atoms. The van der Waals surface area contributed by atoms with Crippen LogP contribution in [0.25, 0.3) is 0 Å². The number of rotatable bonds is 5. The number of nitrogens with zero attached hydrogens (tertiary/aromatic N) is 1. The summed E-state index contributed by atoms with van der Waals surface area (Å²) < 4.78 is 5.56. The summed E-state index contributed by atoms with van der Waals surface area (Å²) in [5.74, 6) is 0.628. The van der Waals surface area contributed by atoms with E-state index in [-0.39, 0.29) is 5.60 Å². The predicted molar refractivity (Wildman–Crippen MR) is 67.9 cm³/mol. The number of pyridine rings is 1. The lowest BCUT2D eigenvalue weighted by Crippen LogP contribution is -2.33.